The lowest BCUT2D eigenvalue weighted by Gasteiger charge is -2.12. The summed E-state index contributed by atoms with van der Waals surface area (Å²) in [5.41, 5.74) is 6.28. The molecule has 0 unspecified atom stereocenters. The van der Waals surface area contributed by atoms with Gasteiger partial charge in [-0.05, 0) is 25.1 Å². The second-order valence-electron chi connectivity index (χ2n) is 2.96. The molecule has 2 N–H and O–H groups in total. The van der Waals surface area contributed by atoms with Crippen molar-refractivity contribution in [2.45, 2.75) is 13.0 Å². The molecule has 1 aromatic carbocycles. The highest BCUT2D eigenvalue weighted by atomic mass is 19.1. The Morgan fingerprint density at radius 1 is 1.64 bits per heavy atom. The van der Waals surface area contributed by atoms with Crippen LogP contribution < -0.4 is 10.5 Å². The molecule has 0 bridgehead atoms. The van der Waals surface area contributed by atoms with Crippen LogP contribution in [0.5, 0.6) is 5.75 Å². The molecule has 3 heteroatoms. The number of ether oxygens (including phenoxy) is 1. The van der Waals surface area contributed by atoms with Crippen molar-refractivity contribution in [3.63, 3.8) is 0 Å². The molecule has 0 radical (unpaired) electrons. The van der Waals surface area contributed by atoms with Crippen LogP contribution in [0.4, 0.5) is 4.39 Å². The fourth-order valence-electron chi connectivity index (χ4n) is 1.13. The zero-order valence-electron chi connectivity index (χ0n) is 7.96. The molecule has 0 heterocycles. The molecule has 0 saturated heterocycles. The van der Waals surface area contributed by atoms with Gasteiger partial charge in [-0.25, -0.2) is 4.39 Å². The molecule has 0 spiro atoms. The van der Waals surface area contributed by atoms with E-state index in [4.69, 9.17) is 16.9 Å². The normalized spacial score (nSPS) is 11.9. The van der Waals surface area contributed by atoms with Crippen LogP contribution >= 0.6 is 0 Å². The lowest BCUT2D eigenvalue weighted by Crippen LogP contribution is -2.08. The van der Waals surface area contributed by atoms with E-state index in [-0.39, 0.29) is 18.5 Å². The van der Waals surface area contributed by atoms with Gasteiger partial charge in [-0.2, -0.15) is 0 Å². The van der Waals surface area contributed by atoms with Crippen molar-refractivity contribution in [2.24, 2.45) is 5.73 Å². The summed E-state index contributed by atoms with van der Waals surface area (Å²) in [4.78, 5) is 0. The molecule has 1 atom stereocenters. The van der Waals surface area contributed by atoms with Crippen LogP contribution in [-0.4, -0.2) is 6.61 Å². The topological polar surface area (TPSA) is 35.2 Å². The largest absolute Gasteiger partial charge is 0.481 e. The zero-order valence-corrected chi connectivity index (χ0v) is 7.96. The van der Waals surface area contributed by atoms with Gasteiger partial charge in [0.15, 0.2) is 0 Å². The average molecular weight is 193 g/mol. The van der Waals surface area contributed by atoms with Gasteiger partial charge in [0.05, 0.1) is 0 Å². The number of nitrogens with two attached hydrogens (primary N) is 1. The monoisotopic (exact) mass is 193 g/mol. The maximum Gasteiger partial charge on any atom is 0.148 e. The van der Waals surface area contributed by atoms with Gasteiger partial charge in [0, 0.05) is 11.6 Å². The molecule has 1 rings (SSSR count). The second-order valence-corrected chi connectivity index (χ2v) is 2.96. The zero-order chi connectivity index (χ0) is 10.6. The third kappa shape index (κ3) is 2.48. The summed E-state index contributed by atoms with van der Waals surface area (Å²) >= 11 is 0. The van der Waals surface area contributed by atoms with Crippen LogP contribution in [0.15, 0.2) is 18.2 Å². The number of hydrogen-bond acceptors (Lipinski definition) is 2. The van der Waals surface area contributed by atoms with Gasteiger partial charge in [0.1, 0.15) is 18.2 Å². The number of rotatable bonds is 3. The highest BCUT2D eigenvalue weighted by Gasteiger charge is 2.08. The van der Waals surface area contributed by atoms with E-state index >= 15 is 0 Å². The van der Waals surface area contributed by atoms with Crippen molar-refractivity contribution < 1.29 is 9.13 Å². The molecule has 2 nitrogen and oxygen atoms in total. The smallest absolute Gasteiger partial charge is 0.148 e. The van der Waals surface area contributed by atoms with Crippen LogP contribution in [0.25, 0.3) is 0 Å². The number of hydrogen-bond donors (Lipinski definition) is 1. The van der Waals surface area contributed by atoms with Gasteiger partial charge < -0.3 is 10.5 Å². The summed E-state index contributed by atoms with van der Waals surface area (Å²) in [5.74, 6) is 2.55. The minimum absolute atomic E-state index is 0.158. The fourth-order valence-corrected chi connectivity index (χ4v) is 1.13. The Kier molecular flexibility index (Phi) is 3.49. The first-order valence-corrected chi connectivity index (χ1v) is 4.26. The summed E-state index contributed by atoms with van der Waals surface area (Å²) < 4.78 is 18.1. The maximum atomic E-state index is 12.9. The van der Waals surface area contributed by atoms with Crippen LogP contribution in [0, 0.1) is 18.2 Å². The van der Waals surface area contributed by atoms with Crippen molar-refractivity contribution in [1.29, 1.82) is 0 Å². The van der Waals surface area contributed by atoms with E-state index in [0.29, 0.717) is 11.3 Å². The van der Waals surface area contributed by atoms with Gasteiger partial charge in [0.25, 0.3) is 0 Å². The van der Waals surface area contributed by atoms with Crippen molar-refractivity contribution in [2.75, 3.05) is 6.61 Å². The molecule has 0 aromatic heterocycles. The summed E-state index contributed by atoms with van der Waals surface area (Å²) in [5, 5.41) is 0. The molecule has 74 valence electrons. The van der Waals surface area contributed by atoms with E-state index in [1.807, 2.05) is 0 Å². The first kappa shape index (κ1) is 10.6. The van der Waals surface area contributed by atoms with Gasteiger partial charge in [0.2, 0.25) is 0 Å². The van der Waals surface area contributed by atoms with Crippen molar-refractivity contribution >= 4 is 0 Å². The Bertz CT molecular complexity index is 355. The molecule has 0 aliphatic rings. The highest BCUT2D eigenvalue weighted by molar-refractivity contribution is 5.36. The number of terminal acetylenes is 1. The van der Waals surface area contributed by atoms with Crippen molar-refractivity contribution in [1.82, 2.24) is 0 Å². The van der Waals surface area contributed by atoms with Crippen molar-refractivity contribution in [3.05, 3.63) is 29.6 Å². The molecule has 0 fully saturated rings. The van der Waals surface area contributed by atoms with Crippen LogP contribution in [0.2, 0.25) is 0 Å². The van der Waals surface area contributed by atoms with Crippen molar-refractivity contribution in [3.8, 4) is 18.1 Å². The summed E-state index contributed by atoms with van der Waals surface area (Å²) in [6, 6.07) is 3.93. The molecule has 1 aromatic rings. The predicted molar refractivity (Wildman–Crippen MR) is 53.3 cm³/mol. The van der Waals surface area contributed by atoms with Gasteiger partial charge in [-0.1, -0.05) is 5.92 Å². The van der Waals surface area contributed by atoms with Gasteiger partial charge >= 0.3 is 0 Å². The van der Waals surface area contributed by atoms with Crippen LogP contribution in [0.3, 0.4) is 0 Å². The molecule has 0 aliphatic carbocycles. The van der Waals surface area contributed by atoms with E-state index in [9.17, 15) is 4.39 Å². The number of halogens is 1. The minimum Gasteiger partial charge on any atom is -0.481 e. The highest BCUT2D eigenvalue weighted by Crippen LogP contribution is 2.24. The third-order valence-corrected chi connectivity index (χ3v) is 1.77. The molecule has 14 heavy (non-hydrogen) atoms. The van der Waals surface area contributed by atoms with E-state index in [2.05, 4.69) is 5.92 Å². The molecule has 0 amide bonds. The summed E-state index contributed by atoms with van der Waals surface area (Å²) in [6.07, 6.45) is 5.05. The van der Waals surface area contributed by atoms with E-state index < -0.39 is 0 Å². The Morgan fingerprint density at radius 3 is 2.93 bits per heavy atom. The van der Waals surface area contributed by atoms with E-state index in [1.54, 1.807) is 6.92 Å². The van der Waals surface area contributed by atoms with E-state index in [0.717, 1.165) is 0 Å². The molecular formula is C11H12FNO. The maximum absolute atomic E-state index is 12.9. The second kappa shape index (κ2) is 4.64. The van der Waals surface area contributed by atoms with Gasteiger partial charge in [-0.3, -0.25) is 0 Å². The Balaban J connectivity index is 2.97. The quantitative estimate of drug-likeness (QED) is 0.743. The molecule has 0 aliphatic heterocycles. The van der Waals surface area contributed by atoms with Crippen LogP contribution in [0.1, 0.15) is 18.5 Å². The lowest BCUT2D eigenvalue weighted by atomic mass is 10.1. The SMILES string of the molecule is C#CCOc1ccc(F)cc1[C@H](C)N. The predicted octanol–water partition coefficient (Wildman–Crippen LogP) is 1.86. The first-order valence-electron chi connectivity index (χ1n) is 4.26. The summed E-state index contributed by atoms with van der Waals surface area (Å²) in [6.45, 7) is 1.92. The van der Waals surface area contributed by atoms with Crippen LogP contribution in [-0.2, 0) is 0 Å². The van der Waals surface area contributed by atoms with Gasteiger partial charge in [-0.15, -0.1) is 6.42 Å². The Labute approximate surface area is 82.9 Å². The minimum atomic E-state index is -0.328. The Hall–Kier alpha value is -1.53. The number of benzene rings is 1. The summed E-state index contributed by atoms with van der Waals surface area (Å²) in [7, 11) is 0. The molecule has 0 saturated carbocycles. The first-order chi connectivity index (χ1) is 6.65. The average Bonchev–Trinajstić information content (AvgIpc) is 2.15. The molecular weight excluding hydrogens is 181 g/mol. The lowest BCUT2D eigenvalue weighted by molar-refractivity contribution is 0.363. The third-order valence-electron chi connectivity index (χ3n) is 1.77. The standard InChI is InChI=1S/C11H12FNO/c1-3-6-14-11-5-4-9(12)7-10(11)8(2)13/h1,4-5,7-8H,6,13H2,2H3/t8-/m0/s1. The fraction of sp³-hybridized carbons (Fsp3) is 0.273. The Morgan fingerprint density at radius 2 is 2.36 bits per heavy atom. The van der Waals surface area contributed by atoms with E-state index in [1.165, 1.54) is 18.2 Å².